The molecule has 0 atom stereocenters. The first kappa shape index (κ1) is 13.7. The molecule has 0 radical (unpaired) electrons. The summed E-state index contributed by atoms with van der Waals surface area (Å²) in [6.45, 7) is -0.542. The minimum atomic E-state index is -3.79. The molecule has 0 fully saturated rings. The minimum absolute atomic E-state index is 0.0925. The Bertz CT molecular complexity index is 485. The number of aliphatic hydroxyl groups excluding tert-OH is 2. The third kappa shape index (κ3) is 3.56. The number of nitrogens with one attached hydrogen (secondary N) is 1. The van der Waals surface area contributed by atoms with Gasteiger partial charge in [0, 0.05) is 0 Å². The highest BCUT2D eigenvalue weighted by Gasteiger charge is 2.12. The van der Waals surface area contributed by atoms with E-state index >= 15 is 0 Å². The van der Waals surface area contributed by atoms with Crippen LogP contribution >= 0.6 is 0 Å². The van der Waals surface area contributed by atoms with Crippen LogP contribution in [0.25, 0.3) is 0 Å². The maximum Gasteiger partial charge on any atom is 0.238 e. The van der Waals surface area contributed by atoms with Crippen molar-refractivity contribution in [2.75, 3.05) is 24.3 Å². The summed E-state index contributed by atoms with van der Waals surface area (Å²) in [6, 6.07) is 3.37. The van der Waals surface area contributed by atoms with Crippen LogP contribution in [0.3, 0.4) is 0 Å². The maximum absolute atomic E-state index is 11.1. The summed E-state index contributed by atoms with van der Waals surface area (Å²) in [6.07, 6.45) is 0. The molecule has 0 saturated heterocycles. The third-order valence-corrected chi connectivity index (χ3v) is 3.06. The van der Waals surface area contributed by atoms with Gasteiger partial charge in [-0.2, -0.15) is 0 Å². The monoisotopic (exact) mass is 261 g/mol. The van der Waals surface area contributed by atoms with Crippen molar-refractivity contribution in [2.24, 2.45) is 5.14 Å². The van der Waals surface area contributed by atoms with Gasteiger partial charge in [0.05, 0.1) is 35.5 Å². The van der Waals surface area contributed by atoms with Gasteiger partial charge in [0.15, 0.2) is 0 Å². The maximum atomic E-state index is 11.1. The second kappa shape index (κ2) is 5.32. The van der Waals surface area contributed by atoms with Crippen LogP contribution in [0.15, 0.2) is 23.1 Å². The fourth-order valence-electron chi connectivity index (χ4n) is 1.22. The van der Waals surface area contributed by atoms with E-state index in [2.05, 4.69) is 5.32 Å². The standard InChI is InChI=1S/C9H15N3O4S/c10-8-3-7(17(11,15)16)1-2-9(8)12-6(4-13)5-14/h1-3,6,12-14H,4-5,10H2,(H2,11,15,16). The van der Waals surface area contributed by atoms with E-state index < -0.39 is 16.1 Å². The number of hydrogen-bond donors (Lipinski definition) is 5. The molecule has 1 aromatic rings. The van der Waals surface area contributed by atoms with Crippen molar-refractivity contribution in [3.63, 3.8) is 0 Å². The molecule has 1 rings (SSSR count). The first-order valence-electron chi connectivity index (χ1n) is 4.79. The number of nitrogen functional groups attached to an aromatic ring is 1. The summed E-state index contributed by atoms with van der Waals surface area (Å²) in [5.41, 5.74) is 6.22. The smallest absolute Gasteiger partial charge is 0.238 e. The summed E-state index contributed by atoms with van der Waals surface area (Å²) in [5.74, 6) is 0. The van der Waals surface area contributed by atoms with Crippen LogP contribution in [0.1, 0.15) is 0 Å². The van der Waals surface area contributed by atoms with Crippen LogP contribution in [0, 0.1) is 0 Å². The summed E-state index contributed by atoms with van der Waals surface area (Å²) in [4.78, 5) is -0.0925. The largest absolute Gasteiger partial charge is 0.397 e. The molecule has 0 saturated carbocycles. The molecule has 0 amide bonds. The van der Waals surface area contributed by atoms with Gasteiger partial charge in [-0.15, -0.1) is 0 Å². The van der Waals surface area contributed by atoms with Gasteiger partial charge in [0.1, 0.15) is 0 Å². The van der Waals surface area contributed by atoms with Crippen LogP contribution in [0.4, 0.5) is 11.4 Å². The van der Waals surface area contributed by atoms with E-state index in [1.165, 1.54) is 18.2 Å². The summed E-state index contributed by atoms with van der Waals surface area (Å²) < 4.78 is 22.1. The molecule has 0 heterocycles. The molecule has 0 aliphatic carbocycles. The molecule has 7 nitrogen and oxygen atoms in total. The zero-order valence-electron chi connectivity index (χ0n) is 9.00. The lowest BCUT2D eigenvalue weighted by molar-refractivity contribution is 0.204. The first-order valence-corrected chi connectivity index (χ1v) is 6.33. The van der Waals surface area contributed by atoms with Crippen LogP contribution in [-0.2, 0) is 10.0 Å². The Hall–Kier alpha value is -1.35. The highest BCUT2D eigenvalue weighted by Crippen LogP contribution is 2.22. The van der Waals surface area contributed by atoms with E-state index in [1.807, 2.05) is 0 Å². The Morgan fingerprint density at radius 3 is 2.29 bits per heavy atom. The second-order valence-electron chi connectivity index (χ2n) is 3.50. The molecule has 0 aliphatic heterocycles. The van der Waals surface area contributed by atoms with Gasteiger partial charge in [0.25, 0.3) is 0 Å². The molecule has 8 heteroatoms. The molecule has 0 aliphatic rings. The predicted molar refractivity (Wildman–Crippen MR) is 63.8 cm³/mol. The predicted octanol–water partition coefficient (Wildman–Crippen LogP) is -1.32. The average Bonchev–Trinajstić information content (AvgIpc) is 2.26. The van der Waals surface area contributed by atoms with Gasteiger partial charge in [-0.25, -0.2) is 13.6 Å². The summed E-state index contributed by atoms with van der Waals surface area (Å²) in [7, 11) is -3.79. The molecule has 0 unspecified atom stereocenters. The zero-order valence-corrected chi connectivity index (χ0v) is 9.81. The van der Waals surface area contributed by atoms with Crippen LogP contribution in [0.2, 0.25) is 0 Å². The van der Waals surface area contributed by atoms with E-state index in [1.54, 1.807) is 0 Å². The number of primary sulfonamides is 1. The normalized spacial score (nSPS) is 11.8. The fourth-order valence-corrected chi connectivity index (χ4v) is 1.77. The minimum Gasteiger partial charge on any atom is -0.397 e. The van der Waals surface area contributed by atoms with Crippen molar-refractivity contribution in [3.05, 3.63) is 18.2 Å². The van der Waals surface area contributed by atoms with Crippen molar-refractivity contribution < 1.29 is 18.6 Å². The quantitative estimate of drug-likeness (QED) is 0.417. The molecular formula is C9H15N3O4S. The second-order valence-corrected chi connectivity index (χ2v) is 5.06. The molecule has 17 heavy (non-hydrogen) atoms. The van der Waals surface area contributed by atoms with Crippen molar-refractivity contribution in [2.45, 2.75) is 10.9 Å². The topological polar surface area (TPSA) is 139 Å². The van der Waals surface area contributed by atoms with Crippen molar-refractivity contribution in [3.8, 4) is 0 Å². The number of sulfonamides is 1. The lowest BCUT2D eigenvalue weighted by Gasteiger charge is -2.16. The molecule has 7 N–H and O–H groups in total. The lowest BCUT2D eigenvalue weighted by Crippen LogP contribution is -2.28. The molecular weight excluding hydrogens is 246 g/mol. The number of rotatable bonds is 5. The van der Waals surface area contributed by atoms with E-state index in [-0.39, 0.29) is 23.8 Å². The van der Waals surface area contributed by atoms with E-state index in [0.717, 1.165) is 0 Å². The van der Waals surface area contributed by atoms with Crippen LogP contribution in [-0.4, -0.2) is 37.9 Å². The number of nitrogens with two attached hydrogens (primary N) is 2. The Morgan fingerprint density at radius 1 is 1.29 bits per heavy atom. The third-order valence-electron chi connectivity index (χ3n) is 2.15. The van der Waals surface area contributed by atoms with E-state index in [0.29, 0.717) is 5.69 Å². The van der Waals surface area contributed by atoms with Gasteiger partial charge in [-0.1, -0.05) is 0 Å². The highest BCUT2D eigenvalue weighted by molar-refractivity contribution is 7.89. The number of hydrogen-bond acceptors (Lipinski definition) is 6. The fraction of sp³-hybridized carbons (Fsp3) is 0.333. The van der Waals surface area contributed by atoms with E-state index in [9.17, 15) is 8.42 Å². The molecule has 0 spiro atoms. The SMILES string of the molecule is Nc1cc(S(N)(=O)=O)ccc1NC(CO)CO. The number of benzene rings is 1. The average molecular weight is 261 g/mol. The molecule has 96 valence electrons. The Kier molecular flexibility index (Phi) is 4.29. The van der Waals surface area contributed by atoms with Gasteiger partial charge in [-0.3, -0.25) is 0 Å². The van der Waals surface area contributed by atoms with E-state index in [4.69, 9.17) is 21.1 Å². The van der Waals surface area contributed by atoms with Crippen LogP contribution in [0.5, 0.6) is 0 Å². The summed E-state index contributed by atoms with van der Waals surface area (Å²) >= 11 is 0. The van der Waals surface area contributed by atoms with Crippen molar-refractivity contribution >= 4 is 21.4 Å². The molecule has 0 bridgehead atoms. The van der Waals surface area contributed by atoms with Crippen LogP contribution < -0.4 is 16.2 Å². The zero-order chi connectivity index (χ0) is 13.1. The van der Waals surface area contributed by atoms with Gasteiger partial charge >= 0.3 is 0 Å². The summed E-state index contributed by atoms with van der Waals surface area (Å²) in [5, 5.41) is 25.5. The first-order chi connectivity index (χ1) is 7.88. The lowest BCUT2D eigenvalue weighted by atomic mass is 10.2. The highest BCUT2D eigenvalue weighted by atomic mass is 32.2. The van der Waals surface area contributed by atoms with Crippen molar-refractivity contribution in [1.82, 2.24) is 0 Å². The van der Waals surface area contributed by atoms with Gasteiger partial charge in [-0.05, 0) is 18.2 Å². The molecule has 0 aromatic heterocycles. The number of aliphatic hydroxyl groups is 2. The van der Waals surface area contributed by atoms with Gasteiger partial charge in [0.2, 0.25) is 10.0 Å². The Labute approximate surface area is 99.1 Å². The van der Waals surface area contributed by atoms with Gasteiger partial charge < -0.3 is 21.3 Å². The van der Waals surface area contributed by atoms with Crippen molar-refractivity contribution in [1.29, 1.82) is 0 Å². The Balaban J connectivity index is 2.98. The Morgan fingerprint density at radius 2 is 1.88 bits per heavy atom. The molecule has 1 aromatic carbocycles. The number of anilines is 2.